The highest BCUT2D eigenvalue weighted by Crippen LogP contribution is 2.30. The fourth-order valence-corrected chi connectivity index (χ4v) is 2.32. The maximum Gasteiger partial charge on any atom is 0.514 e. The number of amides is 1. The highest BCUT2D eigenvalue weighted by molar-refractivity contribution is 7.90. The van der Waals surface area contributed by atoms with Gasteiger partial charge in [0, 0.05) is 19.4 Å². The van der Waals surface area contributed by atoms with Gasteiger partial charge in [-0.1, -0.05) is 0 Å². The second-order valence-corrected chi connectivity index (χ2v) is 9.83. The van der Waals surface area contributed by atoms with Gasteiger partial charge in [-0.3, -0.25) is 4.90 Å². The Morgan fingerprint density at radius 3 is 2.00 bits per heavy atom. The summed E-state index contributed by atoms with van der Waals surface area (Å²) in [5.74, 6) is -0.148. The Labute approximate surface area is 159 Å². The number of hydrogen-bond acceptors (Lipinski definition) is 8. The smallest absolute Gasteiger partial charge is 0.443 e. The molecule has 1 aromatic heterocycles. The summed E-state index contributed by atoms with van der Waals surface area (Å²) in [7, 11) is -2.30. The molecule has 0 unspecified atom stereocenters. The number of anilines is 1. The zero-order chi connectivity index (χ0) is 21.2. The second kappa shape index (κ2) is 7.71. The molecule has 9 nitrogen and oxygen atoms in total. The standard InChI is InChI=1S/C17H26N2O7S/c1-16(2,3)25-14(20)19(7)11-9-13(27(8,22)23)18-10-12(11)24-15(21)26-17(4,5)6/h9-10H,1-8H3. The first-order valence-corrected chi connectivity index (χ1v) is 9.96. The van der Waals surface area contributed by atoms with Crippen LogP contribution in [0.3, 0.4) is 0 Å². The van der Waals surface area contributed by atoms with Gasteiger partial charge in [0.25, 0.3) is 0 Å². The third kappa shape index (κ3) is 7.41. The molecule has 0 fully saturated rings. The van der Waals surface area contributed by atoms with Crippen molar-refractivity contribution < 1.29 is 32.2 Å². The Kier molecular flexibility index (Phi) is 6.48. The highest BCUT2D eigenvalue weighted by Gasteiger charge is 2.27. The van der Waals surface area contributed by atoms with Gasteiger partial charge in [0.2, 0.25) is 0 Å². The molecule has 0 radical (unpaired) electrons. The molecule has 0 aliphatic carbocycles. The molecule has 0 saturated heterocycles. The molecule has 0 saturated carbocycles. The summed E-state index contributed by atoms with van der Waals surface area (Å²) in [6.07, 6.45) is 0.231. The van der Waals surface area contributed by atoms with Crippen LogP contribution in [0.1, 0.15) is 41.5 Å². The number of carbonyl (C=O) groups excluding carboxylic acids is 2. The molecule has 0 aliphatic heterocycles. The van der Waals surface area contributed by atoms with E-state index in [-0.39, 0.29) is 16.5 Å². The molecule has 0 atom stereocenters. The van der Waals surface area contributed by atoms with Crippen molar-refractivity contribution in [2.45, 2.75) is 57.8 Å². The van der Waals surface area contributed by atoms with Gasteiger partial charge >= 0.3 is 12.2 Å². The van der Waals surface area contributed by atoms with E-state index in [9.17, 15) is 18.0 Å². The fraction of sp³-hybridized carbons (Fsp3) is 0.588. The van der Waals surface area contributed by atoms with Crippen LogP contribution in [0.2, 0.25) is 0 Å². The van der Waals surface area contributed by atoms with E-state index < -0.39 is 33.3 Å². The maximum absolute atomic E-state index is 12.3. The lowest BCUT2D eigenvalue weighted by atomic mass is 10.2. The molecule has 1 heterocycles. The summed E-state index contributed by atoms with van der Waals surface area (Å²) in [6, 6.07) is 1.12. The summed E-state index contributed by atoms with van der Waals surface area (Å²) in [5.41, 5.74) is -1.58. The normalized spacial score (nSPS) is 12.3. The molecule has 0 spiro atoms. The average Bonchev–Trinajstić information content (AvgIpc) is 2.41. The summed E-state index contributed by atoms with van der Waals surface area (Å²) in [4.78, 5) is 29.1. The number of carbonyl (C=O) groups is 2. The number of ether oxygens (including phenoxy) is 3. The summed E-state index contributed by atoms with van der Waals surface area (Å²) in [6.45, 7) is 10.0. The molecule has 152 valence electrons. The lowest BCUT2D eigenvalue weighted by Crippen LogP contribution is -2.34. The first kappa shape index (κ1) is 22.7. The fourth-order valence-electron chi connectivity index (χ4n) is 1.75. The maximum atomic E-state index is 12.3. The first-order valence-electron chi connectivity index (χ1n) is 8.07. The molecule has 1 amide bonds. The Morgan fingerprint density at radius 2 is 1.56 bits per heavy atom. The van der Waals surface area contributed by atoms with Gasteiger partial charge in [-0.15, -0.1) is 0 Å². The van der Waals surface area contributed by atoms with Gasteiger partial charge < -0.3 is 14.2 Å². The van der Waals surface area contributed by atoms with Gasteiger partial charge in [-0.2, -0.15) is 0 Å². The molecule has 0 aromatic carbocycles. The molecular weight excluding hydrogens is 376 g/mol. The molecule has 27 heavy (non-hydrogen) atoms. The van der Waals surface area contributed by atoms with Crippen LogP contribution in [0.4, 0.5) is 15.3 Å². The first-order chi connectivity index (χ1) is 12.0. The van der Waals surface area contributed by atoms with E-state index in [1.807, 2.05) is 0 Å². The lowest BCUT2D eigenvalue weighted by molar-refractivity contribution is 0.0204. The lowest BCUT2D eigenvalue weighted by Gasteiger charge is -2.26. The Bertz CT molecular complexity index is 821. The van der Waals surface area contributed by atoms with Gasteiger partial charge in [-0.25, -0.2) is 23.0 Å². The van der Waals surface area contributed by atoms with Crippen LogP contribution in [0.15, 0.2) is 17.3 Å². The van der Waals surface area contributed by atoms with Crippen LogP contribution < -0.4 is 9.64 Å². The van der Waals surface area contributed by atoms with Crippen molar-refractivity contribution in [3.63, 3.8) is 0 Å². The Balaban J connectivity index is 3.31. The summed E-state index contributed by atoms with van der Waals surface area (Å²) >= 11 is 0. The highest BCUT2D eigenvalue weighted by atomic mass is 32.2. The van der Waals surface area contributed by atoms with E-state index in [4.69, 9.17) is 14.2 Å². The molecule has 1 aromatic rings. The van der Waals surface area contributed by atoms with Crippen LogP contribution in [0.25, 0.3) is 0 Å². The predicted octanol–water partition coefficient (Wildman–Crippen LogP) is 3.17. The molecule has 10 heteroatoms. The van der Waals surface area contributed by atoms with Crippen LogP contribution in [0, 0.1) is 0 Å². The van der Waals surface area contributed by atoms with Gasteiger partial charge in [0.1, 0.15) is 11.2 Å². The molecule has 0 aliphatic rings. The number of aromatic nitrogens is 1. The minimum Gasteiger partial charge on any atom is -0.443 e. The summed E-state index contributed by atoms with van der Waals surface area (Å²) in [5, 5.41) is -0.288. The van der Waals surface area contributed by atoms with Crippen molar-refractivity contribution in [3.05, 3.63) is 12.3 Å². The van der Waals surface area contributed by atoms with Crippen molar-refractivity contribution in [1.82, 2.24) is 4.98 Å². The van der Waals surface area contributed by atoms with Crippen LogP contribution in [-0.4, -0.2) is 50.2 Å². The SMILES string of the molecule is CN(C(=O)OC(C)(C)C)c1cc(S(C)(=O)=O)ncc1OC(=O)OC(C)(C)C. The van der Waals surface area contributed by atoms with Crippen molar-refractivity contribution >= 4 is 27.8 Å². The number of hydrogen-bond donors (Lipinski definition) is 0. The Morgan fingerprint density at radius 1 is 1.04 bits per heavy atom. The average molecular weight is 402 g/mol. The molecule has 1 rings (SSSR count). The predicted molar refractivity (Wildman–Crippen MR) is 98.8 cm³/mol. The number of pyridine rings is 1. The molecule has 0 N–H and O–H groups in total. The van der Waals surface area contributed by atoms with Crippen molar-refractivity contribution in [2.75, 3.05) is 18.2 Å². The molecule has 0 bridgehead atoms. The van der Waals surface area contributed by atoms with E-state index in [1.165, 1.54) is 7.05 Å². The van der Waals surface area contributed by atoms with Crippen LogP contribution >= 0.6 is 0 Å². The third-order valence-electron chi connectivity index (χ3n) is 2.81. The Hall–Kier alpha value is -2.36. The van der Waals surface area contributed by atoms with Crippen molar-refractivity contribution in [2.24, 2.45) is 0 Å². The van der Waals surface area contributed by atoms with Gasteiger partial charge in [0.15, 0.2) is 20.6 Å². The number of sulfone groups is 1. The van der Waals surface area contributed by atoms with E-state index in [1.54, 1.807) is 41.5 Å². The zero-order valence-electron chi connectivity index (χ0n) is 16.8. The second-order valence-electron chi connectivity index (χ2n) is 7.87. The number of rotatable bonds is 3. The zero-order valence-corrected chi connectivity index (χ0v) is 17.6. The van der Waals surface area contributed by atoms with E-state index >= 15 is 0 Å². The summed E-state index contributed by atoms with van der Waals surface area (Å²) < 4.78 is 39.1. The van der Waals surface area contributed by atoms with Crippen molar-refractivity contribution in [1.29, 1.82) is 0 Å². The monoisotopic (exact) mass is 402 g/mol. The largest absolute Gasteiger partial charge is 0.514 e. The number of nitrogens with zero attached hydrogens (tertiary/aromatic N) is 2. The molecular formula is C17H26N2O7S. The van der Waals surface area contributed by atoms with Gasteiger partial charge in [0.05, 0.1) is 11.9 Å². The van der Waals surface area contributed by atoms with E-state index in [0.717, 1.165) is 23.4 Å². The van der Waals surface area contributed by atoms with Gasteiger partial charge in [-0.05, 0) is 41.5 Å². The van der Waals surface area contributed by atoms with Crippen LogP contribution in [-0.2, 0) is 19.3 Å². The van der Waals surface area contributed by atoms with E-state index in [2.05, 4.69) is 4.98 Å². The van der Waals surface area contributed by atoms with Crippen molar-refractivity contribution in [3.8, 4) is 5.75 Å². The topological polar surface area (TPSA) is 112 Å². The van der Waals surface area contributed by atoms with Crippen LogP contribution in [0.5, 0.6) is 5.75 Å². The third-order valence-corrected chi connectivity index (χ3v) is 3.80. The minimum atomic E-state index is -3.66. The minimum absolute atomic E-state index is 0.00876. The van der Waals surface area contributed by atoms with E-state index in [0.29, 0.717) is 0 Å². The quantitative estimate of drug-likeness (QED) is 0.709.